The molecule has 0 saturated carbocycles. The molecule has 0 aromatic heterocycles. The molecule has 0 aromatic carbocycles. The fraction of sp³-hybridized carbons (Fsp3) is 1.00. The minimum absolute atomic E-state index is 0.803. The van der Waals surface area contributed by atoms with Gasteiger partial charge in [0, 0.05) is 0 Å². The molecule has 2 N–H and O–H groups in total. The van der Waals surface area contributed by atoms with Gasteiger partial charge >= 0.3 is 0 Å². The van der Waals surface area contributed by atoms with Gasteiger partial charge in [-0.25, -0.2) is 0 Å². The van der Waals surface area contributed by atoms with E-state index in [1.54, 1.807) is 0 Å². The van der Waals surface area contributed by atoms with Crippen LogP contribution in [0.25, 0.3) is 0 Å². The van der Waals surface area contributed by atoms with Crippen molar-refractivity contribution in [2.45, 2.75) is 98.8 Å². The molecule has 0 fully saturated rings. The van der Waals surface area contributed by atoms with Gasteiger partial charge in [0.2, 0.25) is 0 Å². The van der Waals surface area contributed by atoms with Crippen LogP contribution in [0.3, 0.4) is 0 Å². The summed E-state index contributed by atoms with van der Waals surface area (Å²) in [4.78, 5) is 0. The lowest BCUT2D eigenvalue weighted by atomic mass is 9.98. The molecule has 0 bridgehead atoms. The third-order valence-corrected chi connectivity index (χ3v) is 5.50. The molecule has 0 aromatic rings. The van der Waals surface area contributed by atoms with Gasteiger partial charge in [-0.2, -0.15) is 0 Å². The van der Waals surface area contributed by atoms with Crippen molar-refractivity contribution < 1.29 is 0 Å². The first-order valence-corrected chi connectivity index (χ1v) is 11.1. The van der Waals surface area contributed by atoms with Gasteiger partial charge in [-0.05, 0) is 69.6 Å². The Bertz CT molecular complexity index is 242. The molecule has 0 aliphatic carbocycles. The summed E-state index contributed by atoms with van der Waals surface area (Å²) in [5, 5.41) is 7.40. The third kappa shape index (κ3) is 14.3. The molecular weight excluding hydrogens is 292 g/mol. The molecule has 0 amide bonds. The van der Waals surface area contributed by atoms with Gasteiger partial charge in [-0.15, -0.1) is 0 Å². The number of nitrogens with one attached hydrogen (secondary N) is 2. The summed E-state index contributed by atoms with van der Waals surface area (Å²) in [6, 6.07) is 0. The summed E-state index contributed by atoms with van der Waals surface area (Å²) in [5.74, 6) is 2.57. The van der Waals surface area contributed by atoms with Crippen molar-refractivity contribution in [3.63, 3.8) is 0 Å². The van der Waals surface area contributed by atoms with E-state index in [4.69, 9.17) is 0 Å². The third-order valence-electron chi connectivity index (χ3n) is 5.50. The van der Waals surface area contributed by atoms with E-state index in [0.29, 0.717) is 0 Å². The lowest BCUT2D eigenvalue weighted by Crippen LogP contribution is -2.28. The zero-order valence-electron chi connectivity index (χ0n) is 17.6. The Morgan fingerprint density at radius 3 is 1.67 bits per heavy atom. The number of hydrogen-bond donors (Lipinski definition) is 2. The van der Waals surface area contributed by atoms with E-state index in [-0.39, 0.29) is 0 Å². The number of unbranched alkanes of at least 4 members (excludes halogenated alkanes) is 2. The monoisotopic (exact) mass is 340 g/mol. The van der Waals surface area contributed by atoms with Gasteiger partial charge in [-0.1, -0.05) is 73.1 Å². The first kappa shape index (κ1) is 23.9. The average molecular weight is 341 g/mol. The second-order valence-electron chi connectivity index (χ2n) is 7.94. The van der Waals surface area contributed by atoms with Crippen molar-refractivity contribution in [3.8, 4) is 0 Å². The predicted molar refractivity (Wildman–Crippen MR) is 111 cm³/mol. The number of rotatable bonds is 18. The highest BCUT2D eigenvalue weighted by Crippen LogP contribution is 2.13. The van der Waals surface area contributed by atoms with E-state index < -0.39 is 0 Å². The van der Waals surface area contributed by atoms with Crippen LogP contribution in [-0.4, -0.2) is 26.2 Å². The van der Waals surface area contributed by atoms with Gasteiger partial charge in [0.15, 0.2) is 0 Å². The van der Waals surface area contributed by atoms with Crippen LogP contribution >= 0.6 is 0 Å². The molecule has 0 aliphatic heterocycles. The fourth-order valence-corrected chi connectivity index (χ4v) is 3.40. The SMILES string of the molecule is CCCCC(CC)CNCCCC(C)CNCC(CC)CCCC. The van der Waals surface area contributed by atoms with E-state index in [0.717, 1.165) is 17.8 Å². The van der Waals surface area contributed by atoms with Gasteiger partial charge < -0.3 is 10.6 Å². The van der Waals surface area contributed by atoms with E-state index in [1.165, 1.54) is 90.4 Å². The minimum Gasteiger partial charge on any atom is -0.316 e. The summed E-state index contributed by atoms with van der Waals surface area (Å²) in [6.45, 7) is 16.5. The molecule has 3 unspecified atom stereocenters. The van der Waals surface area contributed by atoms with E-state index in [9.17, 15) is 0 Å². The first-order chi connectivity index (χ1) is 11.7. The highest BCUT2D eigenvalue weighted by Gasteiger charge is 2.08. The van der Waals surface area contributed by atoms with Crippen LogP contribution < -0.4 is 10.6 Å². The molecule has 146 valence electrons. The maximum atomic E-state index is 3.72. The Morgan fingerprint density at radius 1 is 0.625 bits per heavy atom. The Labute approximate surface area is 154 Å². The van der Waals surface area contributed by atoms with Crippen molar-refractivity contribution in [1.82, 2.24) is 10.6 Å². The molecule has 0 spiro atoms. The molecule has 3 atom stereocenters. The zero-order valence-corrected chi connectivity index (χ0v) is 17.6. The summed E-state index contributed by atoms with van der Waals surface area (Å²) in [5.41, 5.74) is 0. The van der Waals surface area contributed by atoms with Crippen molar-refractivity contribution in [1.29, 1.82) is 0 Å². The molecule has 2 nitrogen and oxygen atoms in total. The topological polar surface area (TPSA) is 24.1 Å². The molecular formula is C22H48N2. The first-order valence-electron chi connectivity index (χ1n) is 11.1. The lowest BCUT2D eigenvalue weighted by Gasteiger charge is -2.18. The van der Waals surface area contributed by atoms with Crippen molar-refractivity contribution >= 4 is 0 Å². The average Bonchev–Trinajstić information content (AvgIpc) is 2.60. The molecule has 24 heavy (non-hydrogen) atoms. The maximum absolute atomic E-state index is 3.72. The van der Waals surface area contributed by atoms with Crippen molar-refractivity contribution in [3.05, 3.63) is 0 Å². The van der Waals surface area contributed by atoms with Crippen LogP contribution in [0, 0.1) is 17.8 Å². The van der Waals surface area contributed by atoms with Gasteiger partial charge in [0.1, 0.15) is 0 Å². The highest BCUT2D eigenvalue weighted by atomic mass is 14.9. The van der Waals surface area contributed by atoms with E-state index >= 15 is 0 Å². The summed E-state index contributed by atoms with van der Waals surface area (Å²) < 4.78 is 0. The predicted octanol–water partition coefficient (Wildman–Crippen LogP) is 6.01. The minimum atomic E-state index is 0.803. The smallest absolute Gasteiger partial charge is 0.00205 e. The summed E-state index contributed by atoms with van der Waals surface area (Å²) in [6.07, 6.45) is 13.5. The second-order valence-corrected chi connectivity index (χ2v) is 7.94. The number of hydrogen-bond acceptors (Lipinski definition) is 2. The Balaban J connectivity index is 3.56. The van der Waals surface area contributed by atoms with E-state index in [2.05, 4.69) is 45.3 Å². The van der Waals surface area contributed by atoms with Crippen LogP contribution in [0.4, 0.5) is 0 Å². The Hall–Kier alpha value is -0.0800. The molecule has 0 rings (SSSR count). The fourth-order valence-electron chi connectivity index (χ4n) is 3.40. The Morgan fingerprint density at radius 2 is 1.17 bits per heavy atom. The normalized spacial score (nSPS) is 15.4. The molecule has 0 aliphatic rings. The molecule has 0 saturated heterocycles. The zero-order chi connectivity index (χ0) is 18.0. The van der Waals surface area contributed by atoms with Crippen LogP contribution in [0.5, 0.6) is 0 Å². The van der Waals surface area contributed by atoms with Gasteiger partial charge in [-0.3, -0.25) is 0 Å². The standard InChI is InChI=1S/C22H48N2/c1-6-10-14-21(8-3)18-23-16-12-13-20(5)17-24-19-22(9-4)15-11-7-2/h20-24H,6-19H2,1-5H3. The second kappa shape index (κ2) is 17.7. The van der Waals surface area contributed by atoms with Crippen LogP contribution in [0.2, 0.25) is 0 Å². The molecule has 2 heteroatoms. The van der Waals surface area contributed by atoms with Crippen molar-refractivity contribution in [2.75, 3.05) is 26.2 Å². The largest absolute Gasteiger partial charge is 0.316 e. The summed E-state index contributed by atoms with van der Waals surface area (Å²) in [7, 11) is 0. The van der Waals surface area contributed by atoms with Gasteiger partial charge in [0.05, 0.1) is 0 Å². The van der Waals surface area contributed by atoms with Crippen LogP contribution in [0.1, 0.15) is 98.8 Å². The summed E-state index contributed by atoms with van der Waals surface area (Å²) >= 11 is 0. The van der Waals surface area contributed by atoms with E-state index in [1.807, 2.05) is 0 Å². The Kier molecular flexibility index (Phi) is 17.7. The quantitative estimate of drug-likeness (QED) is 0.298. The highest BCUT2D eigenvalue weighted by molar-refractivity contribution is 4.65. The van der Waals surface area contributed by atoms with Crippen LogP contribution in [0.15, 0.2) is 0 Å². The van der Waals surface area contributed by atoms with Crippen molar-refractivity contribution in [2.24, 2.45) is 17.8 Å². The maximum Gasteiger partial charge on any atom is -0.00205 e. The molecule has 0 radical (unpaired) electrons. The van der Waals surface area contributed by atoms with Crippen LogP contribution in [-0.2, 0) is 0 Å². The van der Waals surface area contributed by atoms with Gasteiger partial charge in [0.25, 0.3) is 0 Å². The lowest BCUT2D eigenvalue weighted by molar-refractivity contribution is 0.382. The molecule has 0 heterocycles.